The Bertz CT molecular complexity index is 1330. The van der Waals surface area contributed by atoms with Crippen LogP contribution in [0.3, 0.4) is 0 Å². The van der Waals surface area contributed by atoms with E-state index in [1.165, 1.54) is 0 Å². The lowest BCUT2D eigenvalue weighted by Gasteiger charge is -2.23. The lowest BCUT2D eigenvalue weighted by atomic mass is 9.99. The van der Waals surface area contributed by atoms with E-state index in [1.54, 1.807) is 7.11 Å². The van der Waals surface area contributed by atoms with E-state index in [9.17, 15) is 9.59 Å². The maximum absolute atomic E-state index is 14.1. The third-order valence-corrected chi connectivity index (χ3v) is 7.23. The molecule has 37 heavy (non-hydrogen) atoms. The highest BCUT2D eigenvalue weighted by Gasteiger charge is 2.30. The van der Waals surface area contributed by atoms with Crippen LogP contribution < -0.4 is 10.1 Å². The summed E-state index contributed by atoms with van der Waals surface area (Å²) in [6.07, 6.45) is 4.67. The van der Waals surface area contributed by atoms with Crippen LogP contribution in [0.4, 0.5) is 0 Å². The number of hydrogen-bond donors (Lipinski definition) is 1. The van der Waals surface area contributed by atoms with Crippen LogP contribution in [0.5, 0.6) is 5.75 Å². The van der Waals surface area contributed by atoms with Gasteiger partial charge in [0.15, 0.2) is 0 Å². The molecule has 1 aliphatic carbocycles. The third-order valence-electron chi connectivity index (χ3n) is 7.23. The van der Waals surface area contributed by atoms with E-state index >= 15 is 0 Å². The molecule has 1 fully saturated rings. The van der Waals surface area contributed by atoms with Crippen molar-refractivity contribution in [3.63, 3.8) is 0 Å². The van der Waals surface area contributed by atoms with Gasteiger partial charge in [-0.15, -0.1) is 0 Å². The number of allylic oxidation sites excluding steroid dienone is 1. The Morgan fingerprint density at radius 3 is 2.62 bits per heavy atom. The van der Waals surface area contributed by atoms with E-state index in [4.69, 9.17) is 9.72 Å². The Kier molecular flexibility index (Phi) is 7.51. The van der Waals surface area contributed by atoms with Gasteiger partial charge in [0.2, 0.25) is 5.91 Å². The molecule has 1 aromatic heterocycles. The van der Waals surface area contributed by atoms with E-state index in [-0.39, 0.29) is 11.8 Å². The molecule has 3 aromatic rings. The predicted molar refractivity (Wildman–Crippen MR) is 147 cm³/mol. The highest BCUT2D eigenvalue weighted by atomic mass is 16.5. The number of aromatic nitrogens is 1. The van der Waals surface area contributed by atoms with Crippen molar-refractivity contribution < 1.29 is 14.3 Å². The molecule has 5 rings (SSSR count). The third kappa shape index (κ3) is 5.37. The number of nitrogens with one attached hydrogen (secondary N) is 1. The standard InChI is InChI=1S/C30H34N4O3/c1-3-31-27(35)20-33-15-6-16-34(18-17-33)30(36)28-24-7-4-5-8-26(24)32-29-22(11-14-25(28)29)19-21-9-12-23(37-2)13-10-21/h4-5,7-10,12-13,19H,3,6,11,14-18,20H2,1-2H3,(H,31,35)/b22-19-. The zero-order chi connectivity index (χ0) is 25.8. The van der Waals surface area contributed by atoms with E-state index in [0.29, 0.717) is 32.7 Å². The van der Waals surface area contributed by atoms with Crippen LogP contribution in [-0.4, -0.2) is 73.0 Å². The van der Waals surface area contributed by atoms with Gasteiger partial charge in [-0.3, -0.25) is 14.5 Å². The lowest BCUT2D eigenvalue weighted by Crippen LogP contribution is -2.40. The fourth-order valence-corrected chi connectivity index (χ4v) is 5.37. The van der Waals surface area contributed by atoms with Gasteiger partial charge in [0, 0.05) is 38.1 Å². The molecule has 192 valence electrons. The zero-order valence-corrected chi connectivity index (χ0v) is 21.6. The number of hydrogen-bond acceptors (Lipinski definition) is 5. The van der Waals surface area contributed by atoms with Gasteiger partial charge in [0.25, 0.3) is 5.91 Å². The van der Waals surface area contributed by atoms with Gasteiger partial charge in [0.1, 0.15) is 5.75 Å². The van der Waals surface area contributed by atoms with Crippen LogP contribution in [0.15, 0.2) is 48.5 Å². The Morgan fingerprint density at radius 2 is 1.84 bits per heavy atom. The summed E-state index contributed by atoms with van der Waals surface area (Å²) in [5, 5.41) is 3.79. The molecule has 2 heterocycles. The minimum atomic E-state index is 0.0383. The minimum absolute atomic E-state index is 0.0383. The van der Waals surface area contributed by atoms with Crippen molar-refractivity contribution in [3.8, 4) is 5.75 Å². The van der Waals surface area contributed by atoms with Crippen LogP contribution in [0, 0.1) is 0 Å². The number of likely N-dealkylation sites (N-methyl/N-ethyl adjacent to an activating group) is 1. The van der Waals surface area contributed by atoms with Gasteiger partial charge < -0.3 is 15.0 Å². The van der Waals surface area contributed by atoms with E-state index in [2.05, 4.69) is 16.3 Å². The summed E-state index contributed by atoms with van der Waals surface area (Å²) >= 11 is 0. The molecule has 1 aliphatic heterocycles. The maximum atomic E-state index is 14.1. The van der Waals surface area contributed by atoms with Crippen LogP contribution in [0.1, 0.15) is 46.9 Å². The number of pyridine rings is 1. The van der Waals surface area contributed by atoms with Gasteiger partial charge in [-0.05, 0) is 67.2 Å². The number of benzene rings is 2. The first kappa shape index (κ1) is 25.0. The molecule has 7 nitrogen and oxygen atoms in total. The topological polar surface area (TPSA) is 74.8 Å². The Balaban J connectivity index is 1.45. The van der Waals surface area contributed by atoms with Crippen LogP contribution in [-0.2, 0) is 11.2 Å². The molecule has 2 aromatic carbocycles. The van der Waals surface area contributed by atoms with Gasteiger partial charge in [-0.2, -0.15) is 0 Å². The Hall–Kier alpha value is -3.71. The van der Waals surface area contributed by atoms with E-state index < -0.39 is 0 Å². The quantitative estimate of drug-likeness (QED) is 0.556. The van der Waals surface area contributed by atoms with Crippen LogP contribution in [0.2, 0.25) is 0 Å². The van der Waals surface area contributed by atoms with Gasteiger partial charge >= 0.3 is 0 Å². The molecule has 0 spiro atoms. The van der Waals surface area contributed by atoms with Crippen LogP contribution >= 0.6 is 0 Å². The molecule has 0 unspecified atom stereocenters. The van der Waals surface area contributed by atoms with E-state index in [1.807, 2.05) is 60.4 Å². The molecule has 1 saturated heterocycles. The first-order valence-electron chi connectivity index (χ1n) is 13.1. The predicted octanol–water partition coefficient (Wildman–Crippen LogP) is 4.01. The largest absolute Gasteiger partial charge is 0.497 e. The average Bonchev–Trinajstić information content (AvgIpc) is 3.15. The SMILES string of the molecule is CCNC(=O)CN1CCCN(C(=O)c2c3c(nc4ccccc24)/C(=C\c2ccc(OC)cc2)CC3)CC1. The number of carbonyl (C=O) groups is 2. The second-order valence-electron chi connectivity index (χ2n) is 9.65. The number of nitrogens with zero attached hydrogens (tertiary/aromatic N) is 3. The number of ether oxygens (including phenoxy) is 1. The smallest absolute Gasteiger partial charge is 0.254 e. The number of amides is 2. The molecular weight excluding hydrogens is 464 g/mol. The monoisotopic (exact) mass is 498 g/mol. The summed E-state index contributed by atoms with van der Waals surface area (Å²) in [7, 11) is 1.67. The normalized spacial score (nSPS) is 17.0. The Labute approximate surface area is 218 Å². The maximum Gasteiger partial charge on any atom is 0.254 e. The molecule has 7 heteroatoms. The first-order valence-corrected chi connectivity index (χ1v) is 13.1. The molecule has 0 radical (unpaired) electrons. The van der Waals surface area contributed by atoms with Gasteiger partial charge in [-0.1, -0.05) is 30.3 Å². The van der Waals surface area contributed by atoms with Gasteiger partial charge in [-0.25, -0.2) is 4.98 Å². The Morgan fingerprint density at radius 1 is 1.03 bits per heavy atom. The second-order valence-corrected chi connectivity index (χ2v) is 9.65. The number of carbonyl (C=O) groups excluding carboxylic acids is 2. The first-order chi connectivity index (χ1) is 18.1. The number of rotatable bonds is 6. The molecule has 0 atom stereocenters. The van der Waals surface area contributed by atoms with Gasteiger partial charge in [0.05, 0.1) is 30.4 Å². The zero-order valence-electron chi connectivity index (χ0n) is 21.6. The van der Waals surface area contributed by atoms with Crippen molar-refractivity contribution in [2.75, 3.05) is 46.4 Å². The van der Waals surface area contributed by atoms with Crippen molar-refractivity contribution in [1.29, 1.82) is 0 Å². The summed E-state index contributed by atoms with van der Waals surface area (Å²) in [6.45, 7) is 5.73. The minimum Gasteiger partial charge on any atom is -0.497 e. The molecule has 0 saturated carbocycles. The van der Waals surface area contributed by atoms with Crippen LogP contribution in [0.25, 0.3) is 22.6 Å². The molecule has 0 bridgehead atoms. The van der Waals surface area contributed by atoms with Crippen molar-refractivity contribution in [3.05, 3.63) is 70.9 Å². The van der Waals surface area contributed by atoms with Crippen molar-refractivity contribution in [2.45, 2.75) is 26.2 Å². The lowest BCUT2D eigenvalue weighted by molar-refractivity contribution is -0.122. The summed E-state index contributed by atoms with van der Waals surface area (Å²) in [4.78, 5) is 35.3. The van der Waals surface area contributed by atoms with Crippen molar-refractivity contribution in [1.82, 2.24) is 20.1 Å². The highest BCUT2D eigenvalue weighted by molar-refractivity contribution is 6.09. The molecule has 1 N–H and O–H groups in total. The number of fused-ring (bicyclic) bond motifs is 2. The molecular formula is C30H34N4O3. The van der Waals surface area contributed by atoms with E-state index in [0.717, 1.165) is 70.4 Å². The second kappa shape index (κ2) is 11.1. The highest BCUT2D eigenvalue weighted by Crippen LogP contribution is 2.38. The summed E-state index contributed by atoms with van der Waals surface area (Å²) in [6, 6.07) is 16.0. The fraction of sp³-hybridized carbons (Fsp3) is 0.367. The average molecular weight is 499 g/mol. The molecule has 2 aliphatic rings. The fourth-order valence-electron chi connectivity index (χ4n) is 5.37. The number of methoxy groups -OCH3 is 1. The molecule has 2 amide bonds. The number of para-hydroxylation sites is 1. The van der Waals surface area contributed by atoms with Crippen molar-refractivity contribution >= 4 is 34.4 Å². The summed E-state index contributed by atoms with van der Waals surface area (Å²) in [5.74, 6) is 0.935. The summed E-state index contributed by atoms with van der Waals surface area (Å²) in [5.41, 5.74) is 5.86. The summed E-state index contributed by atoms with van der Waals surface area (Å²) < 4.78 is 5.29. The van der Waals surface area contributed by atoms with Crippen molar-refractivity contribution in [2.24, 2.45) is 0 Å².